The van der Waals surface area contributed by atoms with E-state index < -0.39 is 35.0 Å². The fraction of sp³-hybridized carbons (Fsp3) is 0.818. The summed E-state index contributed by atoms with van der Waals surface area (Å²) in [4.78, 5) is 0. The summed E-state index contributed by atoms with van der Waals surface area (Å²) in [6.45, 7) is 2.70. The molecule has 0 aliphatic rings. The zero-order chi connectivity index (χ0) is 16.0. The van der Waals surface area contributed by atoms with Crippen LogP contribution in [0.5, 0.6) is 0 Å². The molecule has 0 bridgehead atoms. The molecule has 0 radical (unpaired) electrons. The molecule has 0 rings (SSSR count). The van der Waals surface area contributed by atoms with E-state index in [1.54, 1.807) is 0 Å². The van der Waals surface area contributed by atoms with Crippen LogP contribution in [0.15, 0.2) is 10.1 Å². The third-order valence-corrected chi connectivity index (χ3v) is 3.60. The smallest absolute Gasteiger partial charge is 0.376 e. The maximum absolute atomic E-state index is 13.6. The normalized spacial score (nSPS) is 14.5. The van der Waals surface area contributed by atoms with Crippen molar-refractivity contribution in [3.8, 4) is 0 Å². The van der Waals surface area contributed by atoms with Gasteiger partial charge in [-0.2, -0.15) is 17.6 Å². The predicted octanol–water partition coefficient (Wildman–Crippen LogP) is 5.50. The van der Waals surface area contributed by atoms with Crippen LogP contribution in [0.3, 0.4) is 0 Å². The SMILES string of the molecule is CCCCS/C(Cl)=C(\OCC)C(F)(F)C(F)(F)C(F)F. The second-order valence-corrected chi connectivity index (χ2v) is 5.44. The summed E-state index contributed by atoms with van der Waals surface area (Å²) in [7, 11) is 0. The monoisotopic (exact) mass is 344 g/mol. The number of halogens is 7. The Morgan fingerprint density at radius 3 is 2.15 bits per heavy atom. The number of allylic oxidation sites excluding steroid dienone is 1. The highest BCUT2D eigenvalue weighted by Gasteiger charge is 2.66. The number of ether oxygens (including phenoxy) is 1. The van der Waals surface area contributed by atoms with Crippen molar-refractivity contribution in [2.24, 2.45) is 0 Å². The number of rotatable bonds is 9. The lowest BCUT2D eigenvalue weighted by molar-refractivity contribution is -0.259. The van der Waals surface area contributed by atoms with Crippen molar-refractivity contribution < 1.29 is 31.1 Å². The van der Waals surface area contributed by atoms with Crippen LogP contribution in [0.1, 0.15) is 26.7 Å². The number of thioether (sulfide) groups is 1. The molecular formula is C11H15ClF6OS. The molecule has 120 valence electrons. The van der Waals surface area contributed by atoms with Gasteiger partial charge >= 0.3 is 18.3 Å². The molecule has 0 atom stereocenters. The van der Waals surface area contributed by atoms with Gasteiger partial charge in [-0.05, 0) is 19.1 Å². The highest BCUT2D eigenvalue weighted by molar-refractivity contribution is 8.04. The Labute approximate surface area is 122 Å². The highest BCUT2D eigenvalue weighted by atomic mass is 35.5. The van der Waals surface area contributed by atoms with Gasteiger partial charge in [0.15, 0.2) is 5.76 Å². The Hall–Kier alpha value is -0.240. The van der Waals surface area contributed by atoms with Crippen LogP contribution in [0, 0.1) is 0 Å². The highest BCUT2D eigenvalue weighted by Crippen LogP contribution is 2.47. The molecule has 0 N–H and O–H groups in total. The van der Waals surface area contributed by atoms with Crippen molar-refractivity contribution in [2.75, 3.05) is 12.4 Å². The second-order valence-electron chi connectivity index (χ2n) is 3.74. The van der Waals surface area contributed by atoms with Crippen LogP contribution < -0.4 is 0 Å². The largest absolute Gasteiger partial charge is 0.490 e. The first-order valence-corrected chi connectivity index (χ1v) is 7.18. The number of hydrogen-bond acceptors (Lipinski definition) is 2. The molecule has 0 spiro atoms. The lowest BCUT2D eigenvalue weighted by Gasteiger charge is -2.28. The van der Waals surface area contributed by atoms with Crippen LogP contribution in [-0.4, -0.2) is 30.6 Å². The van der Waals surface area contributed by atoms with Gasteiger partial charge in [-0.15, -0.1) is 11.8 Å². The standard InChI is InChI=1S/C11H15ClF6OS/c1-3-5-6-20-8(12)7(19-4-2)10(15,16)11(17,18)9(13)14/h9H,3-6H2,1-2H3/b8-7-. The van der Waals surface area contributed by atoms with Crippen LogP contribution in [-0.2, 0) is 4.74 Å². The van der Waals surface area contributed by atoms with E-state index >= 15 is 0 Å². The number of alkyl halides is 6. The summed E-state index contributed by atoms with van der Waals surface area (Å²) in [5, 5.41) is 0. The molecule has 0 aromatic rings. The minimum Gasteiger partial charge on any atom is -0.490 e. The molecule has 0 aliphatic heterocycles. The van der Waals surface area contributed by atoms with E-state index in [0.717, 1.165) is 6.42 Å². The lowest BCUT2D eigenvalue weighted by atomic mass is 10.1. The Kier molecular flexibility index (Phi) is 8.16. The second kappa shape index (κ2) is 8.26. The first kappa shape index (κ1) is 19.8. The van der Waals surface area contributed by atoms with Gasteiger partial charge in [-0.3, -0.25) is 0 Å². The average molecular weight is 345 g/mol. The van der Waals surface area contributed by atoms with Gasteiger partial charge in [-0.1, -0.05) is 24.9 Å². The summed E-state index contributed by atoms with van der Waals surface area (Å²) in [5.41, 5.74) is 0. The van der Waals surface area contributed by atoms with E-state index in [4.69, 9.17) is 11.6 Å². The Balaban J connectivity index is 5.38. The van der Waals surface area contributed by atoms with Crippen molar-refractivity contribution in [1.29, 1.82) is 0 Å². The van der Waals surface area contributed by atoms with E-state index in [2.05, 4.69) is 4.74 Å². The van der Waals surface area contributed by atoms with E-state index in [0.29, 0.717) is 23.9 Å². The van der Waals surface area contributed by atoms with E-state index in [1.807, 2.05) is 6.92 Å². The van der Waals surface area contributed by atoms with E-state index in [-0.39, 0.29) is 0 Å². The molecule has 0 saturated carbocycles. The Morgan fingerprint density at radius 1 is 1.20 bits per heavy atom. The topological polar surface area (TPSA) is 9.23 Å². The van der Waals surface area contributed by atoms with E-state index in [9.17, 15) is 26.3 Å². The van der Waals surface area contributed by atoms with Gasteiger partial charge in [0.1, 0.15) is 4.36 Å². The molecule has 0 fully saturated rings. The maximum atomic E-state index is 13.6. The van der Waals surface area contributed by atoms with Gasteiger partial charge in [0, 0.05) is 0 Å². The summed E-state index contributed by atoms with van der Waals surface area (Å²) < 4.78 is 80.9. The fourth-order valence-corrected chi connectivity index (χ4v) is 2.41. The summed E-state index contributed by atoms with van der Waals surface area (Å²) in [5.74, 6) is -12.0. The first-order valence-electron chi connectivity index (χ1n) is 5.82. The average Bonchev–Trinajstić information content (AvgIpc) is 2.35. The molecule has 0 aromatic carbocycles. The Bertz CT molecular complexity index is 335. The molecule has 0 unspecified atom stereocenters. The van der Waals surface area contributed by atoms with Crippen molar-refractivity contribution in [1.82, 2.24) is 0 Å². The zero-order valence-corrected chi connectivity index (χ0v) is 12.4. The van der Waals surface area contributed by atoms with Gasteiger partial charge in [0.2, 0.25) is 0 Å². The minimum atomic E-state index is -5.55. The molecule has 1 nitrogen and oxygen atoms in total. The molecule has 20 heavy (non-hydrogen) atoms. The van der Waals surface area contributed by atoms with Crippen molar-refractivity contribution >= 4 is 23.4 Å². The maximum Gasteiger partial charge on any atom is 0.376 e. The van der Waals surface area contributed by atoms with E-state index in [1.165, 1.54) is 6.92 Å². The Morgan fingerprint density at radius 2 is 1.75 bits per heavy atom. The molecule has 9 heteroatoms. The zero-order valence-electron chi connectivity index (χ0n) is 10.9. The predicted molar refractivity (Wildman–Crippen MR) is 67.8 cm³/mol. The van der Waals surface area contributed by atoms with Crippen LogP contribution >= 0.6 is 23.4 Å². The molecule has 0 saturated heterocycles. The molecule has 0 amide bonds. The quantitative estimate of drug-likeness (QED) is 0.310. The van der Waals surface area contributed by atoms with Gasteiger partial charge in [-0.25, -0.2) is 8.78 Å². The minimum absolute atomic E-state index is 0.294. The third kappa shape index (κ3) is 4.65. The summed E-state index contributed by atoms with van der Waals surface area (Å²) >= 11 is 6.18. The van der Waals surface area contributed by atoms with Crippen LogP contribution in [0.25, 0.3) is 0 Å². The van der Waals surface area contributed by atoms with Crippen molar-refractivity contribution in [3.63, 3.8) is 0 Å². The fourth-order valence-electron chi connectivity index (χ4n) is 1.08. The molecule has 0 aromatic heterocycles. The van der Waals surface area contributed by atoms with Crippen LogP contribution in [0.4, 0.5) is 26.3 Å². The lowest BCUT2D eigenvalue weighted by Crippen LogP contribution is -2.48. The number of unbranched alkanes of at least 4 members (excludes halogenated alkanes) is 1. The molecule has 0 aliphatic carbocycles. The third-order valence-electron chi connectivity index (χ3n) is 2.17. The van der Waals surface area contributed by atoms with Crippen molar-refractivity contribution in [3.05, 3.63) is 10.1 Å². The number of hydrogen-bond donors (Lipinski definition) is 0. The van der Waals surface area contributed by atoms with Gasteiger partial charge in [0.25, 0.3) is 0 Å². The first-order chi connectivity index (χ1) is 9.12. The summed E-state index contributed by atoms with van der Waals surface area (Å²) in [6.07, 6.45) is -3.18. The van der Waals surface area contributed by atoms with Crippen molar-refractivity contribution in [2.45, 2.75) is 45.0 Å². The summed E-state index contributed by atoms with van der Waals surface area (Å²) in [6, 6.07) is 0. The van der Waals surface area contributed by atoms with Gasteiger partial charge in [0.05, 0.1) is 6.61 Å². The van der Waals surface area contributed by atoms with Crippen LogP contribution in [0.2, 0.25) is 0 Å². The molecular weight excluding hydrogens is 330 g/mol. The molecule has 0 heterocycles. The van der Waals surface area contributed by atoms with Gasteiger partial charge < -0.3 is 4.74 Å².